The highest BCUT2D eigenvalue weighted by Gasteiger charge is 2.15. The van der Waals surface area contributed by atoms with Gasteiger partial charge in [-0.05, 0) is 37.3 Å². The van der Waals surface area contributed by atoms with Gasteiger partial charge in [-0.25, -0.2) is 0 Å². The quantitative estimate of drug-likeness (QED) is 0.855. The number of likely N-dealkylation sites (N-methyl/N-ethyl adjacent to an activating group) is 1. The van der Waals surface area contributed by atoms with E-state index in [4.69, 9.17) is 9.52 Å². The van der Waals surface area contributed by atoms with Crippen molar-refractivity contribution in [1.29, 1.82) is 0 Å². The molecule has 0 saturated heterocycles. The number of carbonyl (C=O) groups is 2. The Balaban J connectivity index is 2.12. The number of carbonyl (C=O) groups excluding carboxylic acids is 2. The minimum Gasteiger partial charge on any atom is -0.459 e. The maximum Gasteiger partial charge on any atom is 0.291 e. The van der Waals surface area contributed by atoms with Crippen molar-refractivity contribution in [3.8, 4) is 0 Å². The van der Waals surface area contributed by atoms with Crippen LogP contribution < -0.4 is 5.32 Å². The lowest BCUT2D eigenvalue weighted by Crippen LogP contribution is -2.33. The van der Waals surface area contributed by atoms with Crippen LogP contribution in [-0.4, -0.2) is 41.5 Å². The van der Waals surface area contributed by atoms with Crippen molar-refractivity contribution in [3.05, 3.63) is 54.0 Å². The second-order valence-corrected chi connectivity index (χ2v) is 4.62. The van der Waals surface area contributed by atoms with Crippen LogP contribution in [-0.2, 0) is 0 Å². The lowest BCUT2D eigenvalue weighted by Gasteiger charge is -2.20. The standard InChI is InChI=1S/C16H18N2O4/c1-2-18(8-9-19)16(21)12-5-3-6-13(11-12)17-15(20)14-7-4-10-22-14/h3-7,10-11,19H,2,8-9H2,1H3,(H,17,20). The fraction of sp³-hybridized carbons (Fsp3) is 0.250. The molecule has 6 heteroatoms. The summed E-state index contributed by atoms with van der Waals surface area (Å²) in [6.07, 6.45) is 1.42. The van der Waals surface area contributed by atoms with Gasteiger partial charge in [0.15, 0.2) is 5.76 Å². The van der Waals surface area contributed by atoms with Crippen LogP contribution in [0.15, 0.2) is 47.1 Å². The van der Waals surface area contributed by atoms with Crippen molar-refractivity contribution in [3.63, 3.8) is 0 Å². The van der Waals surface area contributed by atoms with Crippen LogP contribution in [0.3, 0.4) is 0 Å². The summed E-state index contributed by atoms with van der Waals surface area (Å²) in [6, 6.07) is 9.85. The van der Waals surface area contributed by atoms with E-state index < -0.39 is 0 Å². The van der Waals surface area contributed by atoms with E-state index in [-0.39, 0.29) is 30.7 Å². The second kappa shape index (κ2) is 7.42. The number of hydrogen-bond donors (Lipinski definition) is 2. The van der Waals surface area contributed by atoms with E-state index in [0.717, 1.165) is 0 Å². The number of furan rings is 1. The van der Waals surface area contributed by atoms with E-state index >= 15 is 0 Å². The number of nitrogens with zero attached hydrogens (tertiary/aromatic N) is 1. The van der Waals surface area contributed by atoms with E-state index in [0.29, 0.717) is 17.8 Å². The number of hydrogen-bond acceptors (Lipinski definition) is 4. The third-order valence-corrected chi connectivity index (χ3v) is 3.15. The van der Waals surface area contributed by atoms with Crippen molar-refractivity contribution in [2.75, 3.05) is 25.0 Å². The van der Waals surface area contributed by atoms with Crippen molar-refractivity contribution in [2.45, 2.75) is 6.92 Å². The normalized spacial score (nSPS) is 10.3. The molecule has 2 aromatic rings. The lowest BCUT2D eigenvalue weighted by atomic mass is 10.1. The molecule has 2 N–H and O–H groups in total. The Hall–Kier alpha value is -2.60. The highest BCUT2D eigenvalue weighted by molar-refractivity contribution is 6.03. The molecule has 0 saturated carbocycles. The maximum atomic E-state index is 12.3. The molecule has 0 bridgehead atoms. The summed E-state index contributed by atoms with van der Waals surface area (Å²) < 4.78 is 5.02. The summed E-state index contributed by atoms with van der Waals surface area (Å²) in [5.41, 5.74) is 0.958. The third-order valence-electron chi connectivity index (χ3n) is 3.15. The Morgan fingerprint density at radius 2 is 2.09 bits per heavy atom. The molecule has 0 unspecified atom stereocenters. The average Bonchev–Trinajstić information content (AvgIpc) is 3.07. The molecule has 0 spiro atoms. The number of anilines is 1. The van der Waals surface area contributed by atoms with Gasteiger partial charge in [0.25, 0.3) is 11.8 Å². The van der Waals surface area contributed by atoms with E-state index in [2.05, 4.69) is 5.32 Å². The van der Waals surface area contributed by atoms with E-state index in [1.165, 1.54) is 11.2 Å². The van der Waals surface area contributed by atoms with Crippen LogP contribution in [0.2, 0.25) is 0 Å². The van der Waals surface area contributed by atoms with Crippen LogP contribution >= 0.6 is 0 Å². The molecule has 0 atom stereocenters. The van der Waals surface area contributed by atoms with Gasteiger partial charge in [-0.2, -0.15) is 0 Å². The summed E-state index contributed by atoms with van der Waals surface area (Å²) in [6.45, 7) is 2.53. The van der Waals surface area contributed by atoms with Crippen LogP contribution in [0.1, 0.15) is 27.8 Å². The van der Waals surface area contributed by atoms with Gasteiger partial charge >= 0.3 is 0 Å². The molecule has 22 heavy (non-hydrogen) atoms. The van der Waals surface area contributed by atoms with Crippen molar-refractivity contribution in [1.82, 2.24) is 4.90 Å². The maximum absolute atomic E-state index is 12.3. The first-order chi connectivity index (χ1) is 10.7. The first-order valence-corrected chi connectivity index (χ1v) is 7.00. The molecule has 0 fully saturated rings. The average molecular weight is 302 g/mol. The van der Waals surface area contributed by atoms with Gasteiger partial charge < -0.3 is 19.7 Å². The Labute approximate surface area is 128 Å². The molecule has 0 radical (unpaired) electrons. The molecule has 1 heterocycles. The van der Waals surface area contributed by atoms with Crippen molar-refractivity contribution >= 4 is 17.5 Å². The molecule has 2 rings (SSSR count). The summed E-state index contributed by atoms with van der Waals surface area (Å²) in [7, 11) is 0. The fourth-order valence-corrected chi connectivity index (χ4v) is 2.04. The minimum absolute atomic E-state index is 0.0888. The summed E-state index contributed by atoms with van der Waals surface area (Å²) in [5.74, 6) is -0.366. The van der Waals surface area contributed by atoms with Gasteiger partial charge in [0.2, 0.25) is 0 Å². The Kier molecular flexibility index (Phi) is 5.32. The molecule has 116 valence electrons. The zero-order chi connectivity index (χ0) is 15.9. The minimum atomic E-state index is -0.377. The van der Waals surface area contributed by atoms with E-state index in [1.807, 2.05) is 6.92 Å². The smallest absolute Gasteiger partial charge is 0.291 e. The fourth-order valence-electron chi connectivity index (χ4n) is 2.04. The summed E-state index contributed by atoms with van der Waals surface area (Å²) in [5, 5.41) is 11.7. The lowest BCUT2D eigenvalue weighted by molar-refractivity contribution is 0.0731. The molecule has 2 amide bonds. The first-order valence-electron chi connectivity index (χ1n) is 7.00. The van der Waals surface area contributed by atoms with Gasteiger partial charge in [-0.15, -0.1) is 0 Å². The molecule has 0 aliphatic carbocycles. The highest BCUT2D eigenvalue weighted by Crippen LogP contribution is 2.14. The van der Waals surface area contributed by atoms with Crippen LogP contribution in [0, 0.1) is 0 Å². The Morgan fingerprint density at radius 1 is 1.27 bits per heavy atom. The molecule has 6 nitrogen and oxygen atoms in total. The van der Waals surface area contributed by atoms with Crippen molar-refractivity contribution < 1.29 is 19.1 Å². The van der Waals surface area contributed by atoms with Crippen molar-refractivity contribution in [2.24, 2.45) is 0 Å². The molecule has 0 aliphatic heterocycles. The largest absolute Gasteiger partial charge is 0.459 e. The molecule has 1 aromatic heterocycles. The number of aliphatic hydroxyl groups is 1. The Morgan fingerprint density at radius 3 is 2.73 bits per heavy atom. The van der Waals surface area contributed by atoms with E-state index in [9.17, 15) is 9.59 Å². The summed E-state index contributed by atoms with van der Waals surface area (Å²) >= 11 is 0. The number of benzene rings is 1. The predicted octanol–water partition coefficient (Wildman–Crippen LogP) is 1.99. The highest BCUT2D eigenvalue weighted by atomic mass is 16.3. The first kappa shape index (κ1) is 15.8. The summed E-state index contributed by atoms with van der Waals surface area (Å²) in [4.78, 5) is 25.8. The zero-order valence-corrected chi connectivity index (χ0v) is 12.3. The van der Waals surface area contributed by atoms with Gasteiger partial charge in [-0.3, -0.25) is 9.59 Å². The van der Waals surface area contributed by atoms with Crippen LogP contribution in [0.25, 0.3) is 0 Å². The zero-order valence-electron chi connectivity index (χ0n) is 12.3. The number of amides is 2. The Bertz CT molecular complexity index is 637. The monoisotopic (exact) mass is 302 g/mol. The third kappa shape index (κ3) is 3.73. The van der Waals surface area contributed by atoms with Gasteiger partial charge in [0.1, 0.15) is 0 Å². The van der Waals surface area contributed by atoms with Gasteiger partial charge in [0.05, 0.1) is 12.9 Å². The topological polar surface area (TPSA) is 82.8 Å². The molecule has 1 aromatic carbocycles. The van der Waals surface area contributed by atoms with Crippen LogP contribution in [0.5, 0.6) is 0 Å². The predicted molar refractivity (Wildman–Crippen MR) is 81.8 cm³/mol. The van der Waals surface area contributed by atoms with Crippen LogP contribution in [0.4, 0.5) is 5.69 Å². The number of aliphatic hydroxyl groups excluding tert-OH is 1. The number of nitrogens with one attached hydrogen (secondary N) is 1. The molecule has 0 aliphatic rings. The van der Waals surface area contributed by atoms with Gasteiger partial charge in [0, 0.05) is 24.3 Å². The number of rotatable bonds is 6. The van der Waals surface area contributed by atoms with Gasteiger partial charge in [-0.1, -0.05) is 6.07 Å². The second-order valence-electron chi connectivity index (χ2n) is 4.62. The van der Waals surface area contributed by atoms with E-state index in [1.54, 1.807) is 36.4 Å². The molecular weight excluding hydrogens is 284 g/mol. The SMILES string of the molecule is CCN(CCO)C(=O)c1cccc(NC(=O)c2ccco2)c1. The molecular formula is C16H18N2O4.